The third-order valence-electron chi connectivity index (χ3n) is 3.58. The summed E-state index contributed by atoms with van der Waals surface area (Å²) in [5, 5.41) is 8.98. The zero-order chi connectivity index (χ0) is 13.9. The average Bonchev–Trinajstić information content (AvgIpc) is 2.89. The van der Waals surface area contributed by atoms with Crippen molar-refractivity contribution in [3.8, 4) is 0 Å². The van der Waals surface area contributed by atoms with Gasteiger partial charge < -0.3 is 9.80 Å². The highest BCUT2D eigenvalue weighted by molar-refractivity contribution is 7.99. The maximum absolute atomic E-state index is 12.2. The average molecular weight is 292 g/mol. The van der Waals surface area contributed by atoms with Crippen molar-refractivity contribution in [3.63, 3.8) is 0 Å². The second-order valence-corrected chi connectivity index (χ2v) is 5.98. The minimum absolute atomic E-state index is 0.190. The minimum Gasteiger partial charge on any atom is -0.334 e. The Hall–Kier alpha value is -1.60. The minimum atomic E-state index is 0.190. The predicted molar refractivity (Wildman–Crippen MR) is 76.9 cm³/mol. The number of likely N-dealkylation sites (N-methyl/N-ethyl adjacent to an activating group) is 1. The van der Waals surface area contributed by atoms with E-state index >= 15 is 0 Å². The number of rotatable bonds is 3. The van der Waals surface area contributed by atoms with E-state index in [9.17, 15) is 4.79 Å². The van der Waals surface area contributed by atoms with Crippen molar-refractivity contribution in [1.82, 2.24) is 19.5 Å². The van der Waals surface area contributed by atoms with E-state index in [1.54, 1.807) is 0 Å². The Morgan fingerprint density at radius 2 is 2.15 bits per heavy atom. The molecule has 0 aromatic carbocycles. The van der Waals surface area contributed by atoms with Gasteiger partial charge in [0.05, 0.1) is 39.0 Å². The molecule has 6 nitrogen and oxygen atoms in total. The van der Waals surface area contributed by atoms with E-state index in [1.807, 2.05) is 33.7 Å². The number of amides is 1. The van der Waals surface area contributed by atoms with Gasteiger partial charge in [0.2, 0.25) is 5.91 Å². The lowest BCUT2D eigenvalue weighted by Gasteiger charge is -2.29. The molecular formula is C13H18N5OS+. The van der Waals surface area contributed by atoms with Gasteiger partial charge in [-0.1, -0.05) is 17.8 Å². The number of hydrogen-bond acceptors (Lipinski definition) is 4. The standard InChI is InChI=1S/C13H17N5OS/c1-16-6-8-17(9-7-16)12(19)10-20-13-15-14-11-4-2-3-5-18(11)13/h2-5H,6-10H2,1H3/p+1. The van der Waals surface area contributed by atoms with Crippen LogP contribution in [0.1, 0.15) is 0 Å². The summed E-state index contributed by atoms with van der Waals surface area (Å²) in [5.74, 6) is 0.615. The number of carbonyl (C=O) groups excluding carboxylic acids is 1. The summed E-state index contributed by atoms with van der Waals surface area (Å²) < 4.78 is 1.91. The van der Waals surface area contributed by atoms with Gasteiger partial charge in [0.25, 0.3) is 0 Å². The smallest absolute Gasteiger partial charge is 0.233 e. The van der Waals surface area contributed by atoms with Gasteiger partial charge in [-0.2, -0.15) is 0 Å². The summed E-state index contributed by atoms with van der Waals surface area (Å²) in [6.07, 6.45) is 1.92. The molecule has 1 aliphatic rings. The van der Waals surface area contributed by atoms with E-state index in [4.69, 9.17) is 0 Å². The molecule has 7 heteroatoms. The molecule has 1 aliphatic heterocycles. The van der Waals surface area contributed by atoms with Gasteiger partial charge in [-0.05, 0) is 12.1 Å². The van der Waals surface area contributed by atoms with Crippen molar-refractivity contribution < 1.29 is 9.69 Å². The summed E-state index contributed by atoms with van der Waals surface area (Å²) in [6.45, 7) is 3.77. The Kier molecular flexibility index (Phi) is 3.88. The van der Waals surface area contributed by atoms with Crippen LogP contribution in [-0.4, -0.2) is 64.4 Å². The van der Waals surface area contributed by atoms with Crippen molar-refractivity contribution in [2.75, 3.05) is 39.0 Å². The summed E-state index contributed by atoms with van der Waals surface area (Å²) in [6, 6.07) is 5.77. The molecule has 0 aliphatic carbocycles. The predicted octanol–water partition coefficient (Wildman–Crippen LogP) is -0.822. The molecule has 3 rings (SSSR count). The molecule has 0 bridgehead atoms. The molecule has 1 saturated heterocycles. The number of quaternary nitrogens is 1. The topological polar surface area (TPSA) is 54.9 Å². The van der Waals surface area contributed by atoms with Crippen molar-refractivity contribution in [2.24, 2.45) is 0 Å². The number of piperazine rings is 1. The van der Waals surface area contributed by atoms with Crippen molar-refractivity contribution >= 4 is 23.3 Å². The van der Waals surface area contributed by atoms with Gasteiger partial charge in [0.1, 0.15) is 0 Å². The van der Waals surface area contributed by atoms with E-state index in [-0.39, 0.29) is 5.91 Å². The Morgan fingerprint density at radius 1 is 1.35 bits per heavy atom. The number of nitrogens with zero attached hydrogens (tertiary/aromatic N) is 4. The lowest BCUT2D eigenvalue weighted by molar-refractivity contribution is -0.883. The summed E-state index contributed by atoms with van der Waals surface area (Å²) >= 11 is 1.45. The first-order valence-corrected chi connectivity index (χ1v) is 7.74. The van der Waals surface area contributed by atoms with Crippen LogP contribution < -0.4 is 4.90 Å². The molecule has 3 heterocycles. The zero-order valence-corrected chi connectivity index (χ0v) is 12.3. The van der Waals surface area contributed by atoms with Gasteiger partial charge in [0, 0.05) is 6.20 Å². The lowest BCUT2D eigenvalue weighted by Crippen LogP contribution is -3.12. The summed E-state index contributed by atoms with van der Waals surface area (Å²) in [5.41, 5.74) is 0.811. The number of hydrogen-bond donors (Lipinski definition) is 1. The molecule has 0 saturated carbocycles. The Balaban J connectivity index is 1.60. The molecule has 0 radical (unpaired) electrons. The third-order valence-corrected chi connectivity index (χ3v) is 4.50. The van der Waals surface area contributed by atoms with Crippen molar-refractivity contribution in [3.05, 3.63) is 24.4 Å². The Bertz CT molecular complexity index is 606. The maximum atomic E-state index is 12.2. The summed E-state index contributed by atoms with van der Waals surface area (Å²) in [4.78, 5) is 15.6. The van der Waals surface area contributed by atoms with Crippen LogP contribution in [0.3, 0.4) is 0 Å². The number of carbonyl (C=O) groups is 1. The fraction of sp³-hybridized carbons (Fsp3) is 0.462. The lowest BCUT2D eigenvalue weighted by atomic mass is 10.3. The molecule has 20 heavy (non-hydrogen) atoms. The van der Waals surface area contributed by atoms with Crippen LogP contribution >= 0.6 is 11.8 Å². The van der Waals surface area contributed by atoms with E-state index < -0.39 is 0 Å². The Morgan fingerprint density at radius 3 is 2.95 bits per heavy atom. The monoisotopic (exact) mass is 292 g/mol. The van der Waals surface area contributed by atoms with Crippen LogP contribution in [0, 0.1) is 0 Å². The Labute approximate surface area is 121 Å². The van der Waals surface area contributed by atoms with Crippen molar-refractivity contribution in [1.29, 1.82) is 0 Å². The molecule has 106 valence electrons. The molecule has 1 N–H and O–H groups in total. The first kappa shape index (κ1) is 13.4. The van der Waals surface area contributed by atoms with Crippen LogP contribution in [0.2, 0.25) is 0 Å². The SMILES string of the molecule is C[NH+]1CCN(C(=O)CSc2nnc3ccccn23)CC1. The van der Waals surface area contributed by atoms with E-state index in [1.165, 1.54) is 16.7 Å². The van der Waals surface area contributed by atoms with Gasteiger partial charge in [-0.3, -0.25) is 9.20 Å². The van der Waals surface area contributed by atoms with Crippen LogP contribution in [-0.2, 0) is 4.79 Å². The molecule has 0 unspecified atom stereocenters. The molecule has 2 aromatic rings. The van der Waals surface area contributed by atoms with Crippen LogP contribution in [0.15, 0.2) is 29.6 Å². The van der Waals surface area contributed by atoms with Gasteiger partial charge in [0.15, 0.2) is 10.8 Å². The first-order valence-electron chi connectivity index (χ1n) is 6.75. The van der Waals surface area contributed by atoms with Crippen LogP contribution in [0.4, 0.5) is 0 Å². The van der Waals surface area contributed by atoms with Crippen LogP contribution in [0.5, 0.6) is 0 Å². The van der Waals surface area contributed by atoms with E-state index in [0.717, 1.165) is 37.0 Å². The maximum Gasteiger partial charge on any atom is 0.233 e. The number of fused-ring (bicyclic) bond motifs is 1. The first-order chi connectivity index (χ1) is 9.74. The largest absolute Gasteiger partial charge is 0.334 e. The third kappa shape index (κ3) is 2.78. The number of aromatic nitrogens is 3. The van der Waals surface area contributed by atoms with Gasteiger partial charge in [-0.25, -0.2) is 0 Å². The van der Waals surface area contributed by atoms with E-state index in [0.29, 0.717) is 5.75 Å². The normalized spacial score (nSPS) is 16.8. The zero-order valence-electron chi connectivity index (χ0n) is 11.5. The second-order valence-electron chi connectivity index (χ2n) is 5.04. The molecular weight excluding hydrogens is 274 g/mol. The van der Waals surface area contributed by atoms with Gasteiger partial charge >= 0.3 is 0 Å². The molecule has 1 amide bonds. The number of nitrogens with one attached hydrogen (secondary N) is 1. The number of pyridine rings is 1. The molecule has 2 aromatic heterocycles. The summed E-state index contributed by atoms with van der Waals surface area (Å²) in [7, 11) is 2.17. The highest BCUT2D eigenvalue weighted by Crippen LogP contribution is 2.17. The van der Waals surface area contributed by atoms with Crippen molar-refractivity contribution in [2.45, 2.75) is 5.16 Å². The fourth-order valence-corrected chi connectivity index (χ4v) is 3.10. The molecule has 1 fully saturated rings. The highest BCUT2D eigenvalue weighted by atomic mass is 32.2. The second kappa shape index (κ2) is 5.80. The van der Waals surface area contributed by atoms with E-state index in [2.05, 4.69) is 17.2 Å². The quantitative estimate of drug-likeness (QED) is 0.751. The fourth-order valence-electron chi connectivity index (χ4n) is 2.27. The number of thioether (sulfide) groups is 1. The van der Waals surface area contributed by atoms with Gasteiger partial charge in [-0.15, -0.1) is 10.2 Å². The molecule has 0 atom stereocenters. The highest BCUT2D eigenvalue weighted by Gasteiger charge is 2.21. The molecule has 0 spiro atoms. The van der Waals surface area contributed by atoms with Crippen LogP contribution in [0.25, 0.3) is 5.65 Å².